The largest absolute Gasteiger partial charge is 0.478 e. The van der Waals surface area contributed by atoms with E-state index in [9.17, 15) is 4.79 Å². The maximum atomic E-state index is 11.1. The SMILES string of the molecule is CN(c1ncccc1C(=O)O)C1CCSCC1. The van der Waals surface area contributed by atoms with Gasteiger partial charge in [0.2, 0.25) is 0 Å². The zero-order chi connectivity index (χ0) is 12.3. The van der Waals surface area contributed by atoms with Gasteiger partial charge < -0.3 is 10.0 Å². The average Bonchev–Trinajstić information content (AvgIpc) is 2.39. The van der Waals surface area contributed by atoms with Gasteiger partial charge in [0.05, 0.1) is 0 Å². The molecular formula is C12H16N2O2S. The first-order valence-electron chi connectivity index (χ1n) is 5.69. The molecule has 1 aliphatic heterocycles. The van der Waals surface area contributed by atoms with Gasteiger partial charge in [0.1, 0.15) is 11.4 Å². The van der Waals surface area contributed by atoms with Crippen LogP contribution in [0.3, 0.4) is 0 Å². The van der Waals surface area contributed by atoms with E-state index in [2.05, 4.69) is 4.98 Å². The molecule has 5 heteroatoms. The van der Waals surface area contributed by atoms with Crippen molar-refractivity contribution >= 4 is 23.5 Å². The second-order valence-electron chi connectivity index (χ2n) is 4.13. The van der Waals surface area contributed by atoms with Gasteiger partial charge in [-0.15, -0.1) is 0 Å². The highest BCUT2D eigenvalue weighted by atomic mass is 32.2. The zero-order valence-corrected chi connectivity index (χ0v) is 10.6. The number of thioether (sulfide) groups is 1. The number of aromatic nitrogens is 1. The van der Waals surface area contributed by atoms with Gasteiger partial charge in [-0.3, -0.25) is 0 Å². The highest BCUT2D eigenvalue weighted by Gasteiger charge is 2.22. The van der Waals surface area contributed by atoms with Crippen LogP contribution in [0.1, 0.15) is 23.2 Å². The van der Waals surface area contributed by atoms with E-state index in [1.165, 1.54) is 0 Å². The number of hydrogen-bond acceptors (Lipinski definition) is 4. The Morgan fingerprint density at radius 1 is 1.53 bits per heavy atom. The number of aromatic carboxylic acids is 1. The normalized spacial score (nSPS) is 16.8. The van der Waals surface area contributed by atoms with Crippen molar-refractivity contribution in [3.63, 3.8) is 0 Å². The van der Waals surface area contributed by atoms with Crippen molar-refractivity contribution < 1.29 is 9.90 Å². The van der Waals surface area contributed by atoms with E-state index in [1.807, 2.05) is 23.7 Å². The van der Waals surface area contributed by atoms with Crippen LogP contribution in [0.5, 0.6) is 0 Å². The average molecular weight is 252 g/mol. The number of carboxylic acids is 1. The number of anilines is 1. The molecule has 1 N–H and O–H groups in total. The maximum absolute atomic E-state index is 11.1. The number of pyridine rings is 1. The van der Waals surface area contributed by atoms with Gasteiger partial charge in [-0.2, -0.15) is 11.8 Å². The van der Waals surface area contributed by atoms with Gasteiger partial charge in [-0.05, 0) is 36.5 Å². The Morgan fingerprint density at radius 2 is 2.24 bits per heavy atom. The molecular weight excluding hydrogens is 236 g/mol. The molecule has 1 saturated heterocycles. The summed E-state index contributed by atoms with van der Waals surface area (Å²) >= 11 is 1.96. The Bertz CT molecular complexity index is 405. The first-order valence-corrected chi connectivity index (χ1v) is 6.84. The predicted molar refractivity (Wildman–Crippen MR) is 69.9 cm³/mol. The van der Waals surface area contributed by atoms with Gasteiger partial charge in [0.25, 0.3) is 0 Å². The second kappa shape index (κ2) is 5.40. The maximum Gasteiger partial charge on any atom is 0.339 e. The topological polar surface area (TPSA) is 53.4 Å². The Labute approximate surface area is 105 Å². The Hall–Kier alpha value is -1.23. The van der Waals surface area contributed by atoms with Crippen LogP contribution in [0.2, 0.25) is 0 Å². The molecule has 0 unspecified atom stereocenters. The molecule has 0 atom stereocenters. The van der Waals surface area contributed by atoms with Crippen LogP contribution in [0.4, 0.5) is 5.82 Å². The van der Waals surface area contributed by atoms with Crippen molar-refractivity contribution in [3.05, 3.63) is 23.9 Å². The fourth-order valence-electron chi connectivity index (χ4n) is 2.09. The Balaban J connectivity index is 2.23. The fourth-order valence-corrected chi connectivity index (χ4v) is 3.17. The third-order valence-electron chi connectivity index (χ3n) is 3.09. The molecule has 17 heavy (non-hydrogen) atoms. The molecule has 1 aromatic rings. The van der Waals surface area contributed by atoms with Crippen molar-refractivity contribution in [2.45, 2.75) is 18.9 Å². The summed E-state index contributed by atoms with van der Waals surface area (Å²) in [6.45, 7) is 0. The second-order valence-corrected chi connectivity index (χ2v) is 5.36. The summed E-state index contributed by atoms with van der Waals surface area (Å²) in [7, 11) is 1.94. The summed E-state index contributed by atoms with van der Waals surface area (Å²) in [5.41, 5.74) is 0.285. The van der Waals surface area contributed by atoms with E-state index in [4.69, 9.17) is 5.11 Å². The van der Waals surface area contributed by atoms with Gasteiger partial charge in [0.15, 0.2) is 0 Å². The molecule has 0 aromatic carbocycles. The summed E-state index contributed by atoms with van der Waals surface area (Å²) in [6, 6.07) is 3.68. The van der Waals surface area contributed by atoms with E-state index in [1.54, 1.807) is 18.3 Å². The first kappa shape index (κ1) is 12.2. The van der Waals surface area contributed by atoms with Gasteiger partial charge in [-0.25, -0.2) is 9.78 Å². The molecule has 0 amide bonds. The lowest BCUT2D eigenvalue weighted by Gasteiger charge is -2.32. The van der Waals surface area contributed by atoms with Crippen LogP contribution in [-0.4, -0.2) is 40.7 Å². The highest BCUT2D eigenvalue weighted by molar-refractivity contribution is 7.99. The van der Waals surface area contributed by atoms with Crippen LogP contribution in [0.25, 0.3) is 0 Å². The summed E-state index contributed by atoms with van der Waals surface area (Å²) in [4.78, 5) is 17.4. The van der Waals surface area contributed by atoms with Crippen LogP contribution in [0.15, 0.2) is 18.3 Å². The summed E-state index contributed by atoms with van der Waals surface area (Å²) in [6.07, 6.45) is 3.84. The van der Waals surface area contributed by atoms with Crippen molar-refractivity contribution in [3.8, 4) is 0 Å². The summed E-state index contributed by atoms with van der Waals surface area (Å²) < 4.78 is 0. The molecule has 92 valence electrons. The molecule has 1 aliphatic rings. The lowest BCUT2D eigenvalue weighted by atomic mass is 10.1. The number of carbonyl (C=O) groups is 1. The smallest absolute Gasteiger partial charge is 0.339 e. The monoisotopic (exact) mass is 252 g/mol. The predicted octanol–water partition coefficient (Wildman–Crippen LogP) is 2.11. The molecule has 1 fully saturated rings. The molecule has 2 heterocycles. The van der Waals surface area contributed by atoms with Crippen molar-refractivity contribution in [1.82, 2.24) is 4.98 Å². The molecule has 0 bridgehead atoms. The lowest BCUT2D eigenvalue weighted by Crippen LogP contribution is -2.36. The quantitative estimate of drug-likeness (QED) is 0.893. The highest BCUT2D eigenvalue weighted by Crippen LogP contribution is 2.26. The Morgan fingerprint density at radius 3 is 2.88 bits per heavy atom. The fraction of sp³-hybridized carbons (Fsp3) is 0.500. The van der Waals surface area contributed by atoms with E-state index >= 15 is 0 Å². The molecule has 0 spiro atoms. The first-order chi connectivity index (χ1) is 8.20. The van der Waals surface area contributed by atoms with Crippen LogP contribution < -0.4 is 4.90 Å². The number of nitrogens with zero attached hydrogens (tertiary/aromatic N) is 2. The van der Waals surface area contributed by atoms with E-state index in [0.717, 1.165) is 24.3 Å². The minimum atomic E-state index is -0.912. The summed E-state index contributed by atoms with van der Waals surface area (Å²) in [5, 5.41) is 9.14. The lowest BCUT2D eigenvalue weighted by molar-refractivity contribution is 0.0697. The number of hydrogen-bond donors (Lipinski definition) is 1. The minimum absolute atomic E-state index is 0.285. The van der Waals surface area contributed by atoms with Gasteiger partial charge in [-0.1, -0.05) is 0 Å². The molecule has 0 aliphatic carbocycles. The van der Waals surface area contributed by atoms with E-state index in [-0.39, 0.29) is 5.56 Å². The standard InChI is InChI=1S/C12H16N2O2S/c1-14(9-4-7-17-8-5-9)11-10(12(15)16)3-2-6-13-11/h2-3,6,9H,4-5,7-8H2,1H3,(H,15,16). The van der Waals surface area contributed by atoms with Crippen LogP contribution in [0, 0.1) is 0 Å². The summed E-state index contributed by atoms with van der Waals surface area (Å²) in [5.74, 6) is 1.95. The van der Waals surface area contributed by atoms with Crippen LogP contribution >= 0.6 is 11.8 Å². The zero-order valence-electron chi connectivity index (χ0n) is 9.80. The van der Waals surface area contributed by atoms with Gasteiger partial charge in [0, 0.05) is 19.3 Å². The van der Waals surface area contributed by atoms with E-state index in [0.29, 0.717) is 11.9 Å². The van der Waals surface area contributed by atoms with E-state index < -0.39 is 5.97 Å². The minimum Gasteiger partial charge on any atom is -0.478 e. The third kappa shape index (κ3) is 2.72. The third-order valence-corrected chi connectivity index (χ3v) is 4.14. The molecule has 0 saturated carbocycles. The van der Waals surface area contributed by atoms with Crippen LogP contribution in [-0.2, 0) is 0 Å². The van der Waals surface area contributed by atoms with Crippen molar-refractivity contribution in [1.29, 1.82) is 0 Å². The van der Waals surface area contributed by atoms with Crippen molar-refractivity contribution in [2.24, 2.45) is 0 Å². The van der Waals surface area contributed by atoms with Crippen molar-refractivity contribution in [2.75, 3.05) is 23.5 Å². The number of rotatable bonds is 3. The molecule has 1 aromatic heterocycles. The molecule has 2 rings (SSSR count). The Kier molecular flexibility index (Phi) is 3.89. The molecule has 4 nitrogen and oxygen atoms in total. The van der Waals surface area contributed by atoms with Gasteiger partial charge >= 0.3 is 5.97 Å². The number of carboxylic acid groups (broad SMARTS) is 1. The molecule has 0 radical (unpaired) electrons.